The van der Waals surface area contributed by atoms with Gasteiger partial charge in [-0.05, 0) is 43.7 Å². The topological polar surface area (TPSA) is 126 Å². The molecule has 10 heteroatoms. The van der Waals surface area contributed by atoms with Crippen LogP contribution in [0.3, 0.4) is 0 Å². The standard InChI is InChI=1S/C22H27N7O3/c1-12-8-16(17(30)9-12)27-21(31)14-11-25-29-19(23-2)10-18(28-20(14)29)26-15-4-3-7-24-22(15)32-13-5-6-13/h3-4,7,10-13,16-17,23,30H,5-6,8-9H2,1-2H3,(H,26,28)(H,27,31)/t12-,16-,17?/m1/s1. The average Bonchev–Trinajstić information content (AvgIpc) is 3.39. The molecule has 0 saturated heterocycles. The highest BCUT2D eigenvalue weighted by Gasteiger charge is 2.32. The van der Waals surface area contributed by atoms with Crippen molar-refractivity contribution in [2.45, 2.75) is 50.9 Å². The molecule has 2 aliphatic carbocycles. The second-order valence-corrected chi connectivity index (χ2v) is 8.59. The van der Waals surface area contributed by atoms with E-state index in [1.165, 1.54) is 6.20 Å². The molecule has 0 aromatic carbocycles. The Morgan fingerprint density at radius 3 is 2.88 bits per heavy atom. The molecule has 3 heterocycles. The molecule has 3 aromatic heterocycles. The Balaban J connectivity index is 1.44. The van der Waals surface area contributed by atoms with Crippen LogP contribution in [0.15, 0.2) is 30.6 Å². The summed E-state index contributed by atoms with van der Waals surface area (Å²) in [5.41, 5.74) is 1.45. The second kappa shape index (κ2) is 8.27. The maximum atomic E-state index is 13.0. The van der Waals surface area contributed by atoms with Gasteiger partial charge in [0.1, 0.15) is 29.0 Å². The van der Waals surface area contributed by atoms with Crippen molar-refractivity contribution in [3.05, 3.63) is 36.2 Å². The maximum Gasteiger partial charge on any atom is 0.257 e. The van der Waals surface area contributed by atoms with Crippen molar-refractivity contribution in [3.63, 3.8) is 0 Å². The molecule has 0 spiro atoms. The Morgan fingerprint density at radius 2 is 2.16 bits per heavy atom. The van der Waals surface area contributed by atoms with E-state index in [-0.39, 0.29) is 18.1 Å². The van der Waals surface area contributed by atoms with Gasteiger partial charge in [-0.15, -0.1) is 0 Å². The number of nitrogens with zero attached hydrogens (tertiary/aromatic N) is 4. The number of pyridine rings is 1. The summed E-state index contributed by atoms with van der Waals surface area (Å²) < 4.78 is 7.47. The Kier molecular flexibility index (Phi) is 5.30. The van der Waals surface area contributed by atoms with Gasteiger partial charge in [-0.25, -0.2) is 9.97 Å². The highest BCUT2D eigenvalue weighted by molar-refractivity contribution is 6.00. The van der Waals surface area contributed by atoms with Gasteiger partial charge in [0.05, 0.1) is 18.3 Å². The lowest BCUT2D eigenvalue weighted by atomic mass is 10.1. The summed E-state index contributed by atoms with van der Waals surface area (Å²) in [5, 5.41) is 23.9. The maximum absolute atomic E-state index is 13.0. The molecule has 0 aliphatic heterocycles. The number of aliphatic hydroxyl groups is 1. The van der Waals surface area contributed by atoms with Crippen molar-refractivity contribution >= 4 is 28.9 Å². The third kappa shape index (κ3) is 4.05. The molecule has 2 fully saturated rings. The van der Waals surface area contributed by atoms with Gasteiger partial charge >= 0.3 is 0 Å². The molecular formula is C22H27N7O3. The Hall–Kier alpha value is -3.40. The summed E-state index contributed by atoms with van der Waals surface area (Å²) in [5.74, 6) is 1.79. The molecule has 4 N–H and O–H groups in total. The van der Waals surface area contributed by atoms with Crippen LogP contribution in [0, 0.1) is 5.92 Å². The Bertz CT molecular complexity index is 1140. The van der Waals surface area contributed by atoms with Gasteiger partial charge in [0.15, 0.2) is 5.65 Å². The first-order valence-electron chi connectivity index (χ1n) is 11.0. The first-order chi connectivity index (χ1) is 15.5. The molecule has 168 valence electrons. The first-order valence-corrected chi connectivity index (χ1v) is 11.0. The number of amides is 1. The smallest absolute Gasteiger partial charge is 0.257 e. The van der Waals surface area contributed by atoms with Gasteiger partial charge in [-0.3, -0.25) is 4.79 Å². The number of ether oxygens (including phenoxy) is 1. The summed E-state index contributed by atoms with van der Waals surface area (Å²) in [6, 6.07) is 5.24. The fourth-order valence-electron chi connectivity index (χ4n) is 4.09. The van der Waals surface area contributed by atoms with Crippen molar-refractivity contribution in [1.82, 2.24) is 24.9 Å². The zero-order valence-corrected chi connectivity index (χ0v) is 18.1. The summed E-state index contributed by atoms with van der Waals surface area (Å²) in [7, 11) is 1.78. The van der Waals surface area contributed by atoms with Gasteiger partial charge in [-0.1, -0.05) is 6.92 Å². The minimum absolute atomic E-state index is 0.215. The van der Waals surface area contributed by atoms with Gasteiger partial charge < -0.3 is 25.8 Å². The summed E-state index contributed by atoms with van der Waals surface area (Å²) in [4.78, 5) is 22.0. The first kappa shape index (κ1) is 20.5. The number of nitrogens with one attached hydrogen (secondary N) is 3. The number of fused-ring (bicyclic) bond motifs is 1. The SMILES string of the molecule is CNc1cc(Nc2cccnc2OC2CC2)nc2c(C(=O)N[C@@H]3C[C@@H](C)CC3O)cnn12. The van der Waals surface area contributed by atoms with Crippen LogP contribution >= 0.6 is 0 Å². The predicted molar refractivity (Wildman–Crippen MR) is 119 cm³/mol. The number of aromatic nitrogens is 4. The third-order valence-corrected chi connectivity index (χ3v) is 5.89. The second-order valence-electron chi connectivity index (χ2n) is 8.59. The highest BCUT2D eigenvalue weighted by Crippen LogP contribution is 2.32. The van der Waals surface area contributed by atoms with E-state index in [9.17, 15) is 9.90 Å². The minimum atomic E-state index is -0.538. The molecule has 10 nitrogen and oxygen atoms in total. The van der Waals surface area contributed by atoms with E-state index >= 15 is 0 Å². The molecule has 3 atom stereocenters. The van der Waals surface area contributed by atoms with E-state index in [0.29, 0.717) is 46.8 Å². The van der Waals surface area contributed by atoms with Crippen LogP contribution in [-0.4, -0.2) is 55.9 Å². The quantitative estimate of drug-likeness (QED) is 0.444. The van der Waals surface area contributed by atoms with E-state index in [1.54, 1.807) is 23.8 Å². The van der Waals surface area contributed by atoms with E-state index in [4.69, 9.17) is 4.74 Å². The molecule has 0 bridgehead atoms. The van der Waals surface area contributed by atoms with Crippen molar-refractivity contribution < 1.29 is 14.6 Å². The van der Waals surface area contributed by atoms with Crippen LogP contribution in [0.4, 0.5) is 17.3 Å². The number of hydrogen-bond donors (Lipinski definition) is 4. The molecule has 1 amide bonds. The molecule has 0 radical (unpaired) electrons. The average molecular weight is 438 g/mol. The number of carbonyl (C=O) groups is 1. The van der Waals surface area contributed by atoms with Crippen molar-refractivity contribution in [2.75, 3.05) is 17.7 Å². The zero-order chi connectivity index (χ0) is 22.2. The van der Waals surface area contributed by atoms with E-state index in [2.05, 4.69) is 37.9 Å². The number of aliphatic hydroxyl groups excluding tert-OH is 1. The van der Waals surface area contributed by atoms with Crippen LogP contribution in [0.1, 0.15) is 43.0 Å². The Morgan fingerprint density at radius 1 is 1.31 bits per heavy atom. The van der Waals surface area contributed by atoms with Gasteiger partial charge in [0, 0.05) is 19.3 Å². The fourth-order valence-corrected chi connectivity index (χ4v) is 4.09. The van der Waals surface area contributed by atoms with Crippen molar-refractivity contribution in [3.8, 4) is 5.88 Å². The number of hydrogen-bond acceptors (Lipinski definition) is 8. The van der Waals surface area contributed by atoms with Crippen LogP contribution < -0.4 is 20.7 Å². The number of anilines is 3. The predicted octanol–water partition coefficient (Wildman–Crippen LogP) is 2.34. The number of rotatable bonds is 7. The summed E-state index contributed by atoms with van der Waals surface area (Å²) in [6.45, 7) is 2.07. The summed E-state index contributed by atoms with van der Waals surface area (Å²) >= 11 is 0. The molecule has 32 heavy (non-hydrogen) atoms. The monoisotopic (exact) mass is 437 g/mol. The number of carbonyl (C=O) groups excluding carboxylic acids is 1. The largest absolute Gasteiger partial charge is 0.473 e. The lowest BCUT2D eigenvalue weighted by molar-refractivity contribution is 0.0874. The van der Waals surface area contributed by atoms with Crippen LogP contribution in [0.25, 0.3) is 5.65 Å². The molecular weight excluding hydrogens is 410 g/mol. The van der Waals surface area contributed by atoms with Crippen LogP contribution in [-0.2, 0) is 0 Å². The van der Waals surface area contributed by atoms with Gasteiger partial charge in [0.2, 0.25) is 5.88 Å². The minimum Gasteiger partial charge on any atom is -0.473 e. The van der Waals surface area contributed by atoms with Crippen molar-refractivity contribution in [2.24, 2.45) is 5.92 Å². The van der Waals surface area contributed by atoms with Crippen LogP contribution in [0.2, 0.25) is 0 Å². The normalized spacial score (nSPS) is 22.7. The van der Waals surface area contributed by atoms with E-state index in [0.717, 1.165) is 19.3 Å². The van der Waals surface area contributed by atoms with E-state index in [1.807, 2.05) is 12.1 Å². The van der Waals surface area contributed by atoms with Crippen LogP contribution in [0.5, 0.6) is 5.88 Å². The molecule has 2 saturated carbocycles. The zero-order valence-electron chi connectivity index (χ0n) is 18.1. The highest BCUT2D eigenvalue weighted by atomic mass is 16.5. The molecule has 5 rings (SSSR count). The molecule has 3 aromatic rings. The van der Waals surface area contributed by atoms with Crippen molar-refractivity contribution in [1.29, 1.82) is 0 Å². The molecule has 1 unspecified atom stereocenters. The third-order valence-electron chi connectivity index (χ3n) is 5.89. The lowest BCUT2D eigenvalue weighted by Gasteiger charge is -2.16. The summed E-state index contributed by atoms with van der Waals surface area (Å²) in [6.07, 6.45) is 6.37. The van der Waals surface area contributed by atoms with Gasteiger partial charge in [0.25, 0.3) is 5.91 Å². The fraction of sp³-hybridized carbons (Fsp3) is 0.455. The Labute approximate surface area is 185 Å². The lowest BCUT2D eigenvalue weighted by Crippen LogP contribution is -2.39. The molecule has 2 aliphatic rings. The van der Waals surface area contributed by atoms with E-state index < -0.39 is 6.10 Å². The van der Waals surface area contributed by atoms with Gasteiger partial charge in [-0.2, -0.15) is 9.61 Å².